The zero-order valence-electron chi connectivity index (χ0n) is 13.6. The molecule has 1 saturated heterocycles. The summed E-state index contributed by atoms with van der Waals surface area (Å²) in [5.41, 5.74) is 1.60. The number of urea groups is 1. The second-order valence-corrected chi connectivity index (χ2v) is 5.68. The number of rotatable bonds is 4. The number of piperidine rings is 1. The van der Waals surface area contributed by atoms with E-state index in [9.17, 15) is 4.79 Å². The number of halogens is 1. The van der Waals surface area contributed by atoms with Gasteiger partial charge in [0.25, 0.3) is 0 Å². The maximum atomic E-state index is 12.1. The number of carbonyl (C=O) groups is 1. The van der Waals surface area contributed by atoms with Crippen molar-refractivity contribution in [3.05, 3.63) is 30.1 Å². The van der Waals surface area contributed by atoms with Gasteiger partial charge in [-0.15, -0.1) is 12.4 Å². The number of carbonyl (C=O) groups excluding carboxylic acids is 1. The van der Waals surface area contributed by atoms with Crippen LogP contribution in [0.25, 0.3) is 11.4 Å². The van der Waals surface area contributed by atoms with Crippen LogP contribution in [0.5, 0.6) is 0 Å². The van der Waals surface area contributed by atoms with E-state index >= 15 is 0 Å². The highest BCUT2D eigenvalue weighted by Gasteiger charge is 2.15. The number of benzene rings is 1. The van der Waals surface area contributed by atoms with Crippen molar-refractivity contribution in [1.29, 1.82) is 0 Å². The van der Waals surface area contributed by atoms with Gasteiger partial charge < -0.3 is 16.0 Å². The first kappa shape index (κ1) is 18.2. The van der Waals surface area contributed by atoms with Crippen LogP contribution < -0.4 is 16.0 Å². The van der Waals surface area contributed by atoms with Gasteiger partial charge in [0, 0.05) is 30.3 Å². The topological polar surface area (TPSA) is 94.7 Å². The maximum Gasteiger partial charge on any atom is 0.319 e. The van der Waals surface area contributed by atoms with E-state index in [0.717, 1.165) is 49.4 Å². The fourth-order valence-corrected chi connectivity index (χ4v) is 2.65. The summed E-state index contributed by atoms with van der Waals surface area (Å²) in [5, 5.41) is 16.2. The minimum atomic E-state index is -0.180. The molecule has 0 spiro atoms. The van der Waals surface area contributed by atoms with Crippen LogP contribution in [0, 0.1) is 0 Å². The summed E-state index contributed by atoms with van der Waals surface area (Å²) in [6.45, 7) is 3.87. The van der Waals surface area contributed by atoms with Crippen molar-refractivity contribution < 1.29 is 4.79 Å². The van der Waals surface area contributed by atoms with Crippen molar-refractivity contribution in [3.8, 4) is 11.4 Å². The number of hydrogen-bond acceptors (Lipinski definition) is 4. The highest BCUT2D eigenvalue weighted by Crippen LogP contribution is 2.19. The van der Waals surface area contributed by atoms with E-state index in [-0.39, 0.29) is 24.5 Å². The van der Waals surface area contributed by atoms with Gasteiger partial charge in [-0.3, -0.25) is 5.10 Å². The third-order valence-corrected chi connectivity index (χ3v) is 3.88. The Hall–Kier alpha value is -2.12. The number of hydrogen-bond donors (Lipinski definition) is 4. The minimum Gasteiger partial charge on any atom is -0.334 e. The molecule has 1 aliphatic heterocycles. The van der Waals surface area contributed by atoms with Crippen molar-refractivity contribution >= 4 is 24.1 Å². The van der Waals surface area contributed by atoms with Crippen LogP contribution in [-0.2, 0) is 6.42 Å². The lowest BCUT2D eigenvalue weighted by Gasteiger charge is -2.23. The number of amides is 2. The first-order valence-corrected chi connectivity index (χ1v) is 8.04. The summed E-state index contributed by atoms with van der Waals surface area (Å²) in [4.78, 5) is 16.5. The van der Waals surface area contributed by atoms with Crippen molar-refractivity contribution in [2.75, 3.05) is 18.4 Å². The average Bonchev–Trinajstić information content (AvgIpc) is 3.05. The van der Waals surface area contributed by atoms with Gasteiger partial charge in [-0.1, -0.05) is 19.1 Å². The summed E-state index contributed by atoms with van der Waals surface area (Å²) in [6, 6.07) is 7.55. The molecule has 8 heteroatoms. The van der Waals surface area contributed by atoms with E-state index in [0.29, 0.717) is 5.82 Å². The Morgan fingerprint density at radius 2 is 2.29 bits per heavy atom. The molecule has 1 fully saturated rings. The van der Waals surface area contributed by atoms with Crippen LogP contribution in [0.2, 0.25) is 0 Å². The molecule has 2 heterocycles. The minimum absolute atomic E-state index is 0. The lowest BCUT2D eigenvalue weighted by atomic mass is 10.1. The average molecular weight is 351 g/mol. The van der Waals surface area contributed by atoms with Gasteiger partial charge >= 0.3 is 6.03 Å². The maximum absolute atomic E-state index is 12.1. The SMILES string of the molecule is CCc1nc(-c2cccc(NC(=O)N[C@@H]3CCCNC3)c2)n[nH]1.Cl. The normalized spacial score (nSPS) is 17.0. The second-order valence-electron chi connectivity index (χ2n) is 5.68. The molecule has 0 saturated carbocycles. The molecule has 1 aromatic heterocycles. The van der Waals surface area contributed by atoms with Crippen molar-refractivity contribution in [2.45, 2.75) is 32.2 Å². The first-order valence-electron chi connectivity index (χ1n) is 8.04. The Kier molecular flexibility index (Phi) is 6.57. The third-order valence-electron chi connectivity index (χ3n) is 3.88. The summed E-state index contributed by atoms with van der Waals surface area (Å²) >= 11 is 0. The van der Waals surface area contributed by atoms with Gasteiger partial charge in [-0.2, -0.15) is 5.10 Å². The zero-order chi connectivity index (χ0) is 16.1. The van der Waals surface area contributed by atoms with Gasteiger partial charge in [0.1, 0.15) is 5.82 Å². The predicted molar refractivity (Wildman–Crippen MR) is 96.5 cm³/mol. The molecule has 0 aliphatic carbocycles. The Morgan fingerprint density at radius 3 is 3.00 bits per heavy atom. The van der Waals surface area contributed by atoms with Gasteiger partial charge in [0.2, 0.25) is 0 Å². The van der Waals surface area contributed by atoms with Crippen molar-refractivity contribution in [1.82, 2.24) is 25.8 Å². The Morgan fingerprint density at radius 1 is 1.42 bits per heavy atom. The smallest absolute Gasteiger partial charge is 0.319 e. The summed E-state index contributed by atoms with van der Waals surface area (Å²) < 4.78 is 0. The fourth-order valence-electron chi connectivity index (χ4n) is 2.65. The van der Waals surface area contributed by atoms with Crippen LogP contribution >= 0.6 is 12.4 Å². The largest absolute Gasteiger partial charge is 0.334 e. The molecular formula is C16H23ClN6O. The van der Waals surface area contributed by atoms with Crippen LogP contribution in [0.1, 0.15) is 25.6 Å². The third kappa shape index (κ3) is 4.69. The van der Waals surface area contributed by atoms with Crippen LogP contribution in [0.3, 0.4) is 0 Å². The van der Waals surface area contributed by atoms with Crippen LogP contribution in [0.15, 0.2) is 24.3 Å². The predicted octanol–water partition coefficient (Wildman–Crippen LogP) is 2.33. The number of aryl methyl sites for hydroxylation is 1. The number of aromatic amines is 1. The monoisotopic (exact) mass is 350 g/mol. The van der Waals surface area contributed by atoms with Gasteiger partial charge in [-0.25, -0.2) is 9.78 Å². The molecule has 4 N–H and O–H groups in total. The molecule has 2 amide bonds. The fraction of sp³-hybridized carbons (Fsp3) is 0.438. The zero-order valence-corrected chi connectivity index (χ0v) is 14.4. The van der Waals surface area contributed by atoms with E-state index in [1.54, 1.807) is 0 Å². The molecule has 7 nitrogen and oxygen atoms in total. The van der Waals surface area contributed by atoms with Crippen LogP contribution in [-0.4, -0.2) is 40.3 Å². The summed E-state index contributed by atoms with van der Waals surface area (Å²) in [6.07, 6.45) is 2.91. The lowest BCUT2D eigenvalue weighted by molar-refractivity contribution is 0.245. The number of aromatic nitrogens is 3. The lowest BCUT2D eigenvalue weighted by Crippen LogP contribution is -2.47. The van der Waals surface area contributed by atoms with E-state index in [1.807, 2.05) is 31.2 Å². The van der Waals surface area contributed by atoms with Gasteiger partial charge in [0.15, 0.2) is 5.82 Å². The standard InChI is InChI=1S/C16H22N6O.ClH/c1-2-14-20-15(22-21-14)11-5-3-6-12(9-11)18-16(23)19-13-7-4-8-17-10-13;/h3,5-6,9,13,17H,2,4,7-8,10H2,1H3,(H2,18,19,23)(H,20,21,22);1H/t13-;/m1./s1. The molecule has 1 atom stereocenters. The molecule has 130 valence electrons. The highest BCUT2D eigenvalue weighted by molar-refractivity contribution is 5.90. The number of nitrogens with one attached hydrogen (secondary N) is 4. The van der Waals surface area contributed by atoms with E-state index in [1.165, 1.54) is 0 Å². The Bertz CT molecular complexity index is 668. The molecule has 1 aliphatic rings. The Labute approximate surface area is 147 Å². The summed E-state index contributed by atoms with van der Waals surface area (Å²) in [7, 11) is 0. The molecule has 0 bridgehead atoms. The molecule has 0 radical (unpaired) electrons. The number of H-pyrrole nitrogens is 1. The van der Waals surface area contributed by atoms with Crippen molar-refractivity contribution in [2.24, 2.45) is 0 Å². The Balaban J connectivity index is 0.00000208. The molecule has 24 heavy (non-hydrogen) atoms. The molecular weight excluding hydrogens is 328 g/mol. The molecule has 1 aromatic carbocycles. The van der Waals surface area contributed by atoms with E-state index in [4.69, 9.17) is 0 Å². The molecule has 3 rings (SSSR count). The van der Waals surface area contributed by atoms with E-state index < -0.39 is 0 Å². The van der Waals surface area contributed by atoms with Crippen LogP contribution in [0.4, 0.5) is 10.5 Å². The molecule has 0 unspecified atom stereocenters. The van der Waals surface area contributed by atoms with Gasteiger partial charge in [-0.05, 0) is 31.5 Å². The number of anilines is 1. The quantitative estimate of drug-likeness (QED) is 0.680. The first-order chi connectivity index (χ1) is 11.2. The van der Waals surface area contributed by atoms with E-state index in [2.05, 4.69) is 31.1 Å². The molecule has 2 aromatic rings. The second kappa shape index (κ2) is 8.65. The number of nitrogens with zero attached hydrogens (tertiary/aromatic N) is 2. The van der Waals surface area contributed by atoms with Crippen molar-refractivity contribution in [3.63, 3.8) is 0 Å². The van der Waals surface area contributed by atoms with Gasteiger partial charge in [0.05, 0.1) is 0 Å². The summed E-state index contributed by atoms with van der Waals surface area (Å²) in [5.74, 6) is 1.49. The highest BCUT2D eigenvalue weighted by atomic mass is 35.5.